The maximum atomic E-state index is 11.6. The van der Waals surface area contributed by atoms with Gasteiger partial charge in [-0.15, -0.1) is 0 Å². The standard InChI is InChI=1S/C17H13NO4/c1-22-13-9-5-3-7-11(13)15-16(19)14(17(20)21)10-6-2-4-8-12(10)18-15/h2-9,19H,1H3,(H,20,21). The topological polar surface area (TPSA) is 79.7 Å². The SMILES string of the molecule is COc1ccccc1-c1nc2ccccc2c(C(=O)O)c1O. The molecule has 110 valence electrons. The first-order valence-electron chi connectivity index (χ1n) is 6.62. The molecule has 2 N–H and O–H groups in total. The summed E-state index contributed by atoms with van der Waals surface area (Å²) in [5, 5.41) is 20.3. The van der Waals surface area contributed by atoms with E-state index >= 15 is 0 Å². The number of aromatic carboxylic acids is 1. The first kappa shape index (κ1) is 13.9. The molecule has 0 radical (unpaired) electrons. The van der Waals surface area contributed by atoms with Crippen molar-refractivity contribution < 1.29 is 19.7 Å². The Labute approximate surface area is 126 Å². The Hall–Kier alpha value is -3.08. The van der Waals surface area contributed by atoms with Gasteiger partial charge in [-0.1, -0.05) is 30.3 Å². The lowest BCUT2D eigenvalue weighted by atomic mass is 10.0. The van der Waals surface area contributed by atoms with Gasteiger partial charge in [-0.3, -0.25) is 0 Å². The second kappa shape index (κ2) is 5.37. The van der Waals surface area contributed by atoms with E-state index in [0.717, 1.165) is 0 Å². The number of ether oxygens (including phenoxy) is 1. The molecule has 0 saturated carbocycles. The van der Waals surface area contributed by atoms with E-state index in [1.807, 2.05) is 0 Å². The van der Waals surface area contributed by atoms with Gasteiger partial charge in [0.2, 0.25) is 0 Å². The smallest absolute Gasteiger partial charge is 0.340 e. The molecule has 5 heteroatoms. The fourth-order valence-electron chi connectivity index (χ4n) is 2.45. The number of fused-ring (bicyclic) bond motifs is 1. The summed E-state index contributed by atoms with van der Waals surface area (Å²) in [4.78, 5) is 16.0. The maximum Gasteiger partial charge on any atom is 0.340 e. The predicted molar refractivity (Wildman–Crippen MR) is 82.4 cm³/mol. The van der Waals surface area contributed by atoms with Gasteiger partial charge in [0.25, 0.3) is 0 Å². The van der Waals surface area contributed by atoms with Gasteiger partial charge in [0.05, 0.1) is 12.6 Å². The summed E-state index contributed by atoms with van der Waals surface area (Å²) in [5.74, 6) is -1.06. The van der Waals surface area contributed by atoms with E-state index in [-0.39, 0.29) is 17.0 Å². The van der Waals surface area contributed by atoms with E-state index in [2.05, 4.69) is 4.98 Å². The van der Waals surface area contributed by atoms with Crippen LogP contribution in [0.25, 0.3) is 22.2 Å². The lowest BCUT2D eigenvalue weighted by molar-refractivity contribution is 0.0696. The van der Waals surface area contributed by atoms with Crippen LogP contribution in [0.5, 0.6) is 11.5 Å². The van der Waals surface area contributed by atoms with E-state index < -0.39 is 5.97 Å². The minimum Gasteiger partial charge on any atom is -0.505 e. The molecule has 0 aliphatic carbocycles. The number of carboxylic acid groups (broad SMARTS) is 1. The average molecular weight is 295 g/mol. The summed E-state index contributed by atoms with van der Waals surface area (Å²) in [7, 11) is 1.51. The van der Waals surface area contributed by atoms with E-state index in [1.165, 1.54) is 7.11 Å². The average Bonchev–Trinajstić information content (AvgIpc) is 2.53. The Morgan fingerprint density at radius 2 is 1.77 bits per heavy atom. The van der Waals surface area contributed by atoms with Crippen molar-refractivity contribution in [3.05, 3.63) is 54.1 Å². The zero-order valence-corrected chi connectivity index (χ0v) is 11.8. The highest BCUT2D eigenvalue weighted by Crippen LogP contribution is 2.38. The Morgan fingerprint density at radius 1 is 1.09 bits per heavy atom. The Morgan fingerprint density at radius 3 is 2.50 bits per heavy atom. The van der Waals surface area contributed by atoms with Gasteiger partial charge < -0.3 is 14.9 Å². The van der Waals surface area contributed by atoms with Gasteiger partial charge in [0.1, 0.15) is 17.0 Å². The van der Waals surface area contributed by atoms with Gasteiger partial charge in [0.15, 0.2) is 5.75 Å². The third kappa shape index (κ3) is 2.13. The molecule has 0 amide bonds. The Kier molecular flexibility index (Phi) is 3.39. The first-order chi connectivity index (χ1) is 10.6. The summed E-state index contributed by atoms with van der Waals surface area (Å²) in [6, 6.07) is 13.8. The zero-order valence-electron chi connectivity index (χ0n) is 11.8. The molecule has 0 unspecified atom stereocenters. The quantitative estimate of drug-likeness (QED) is 0.775. The number of benzene rings is 2. The molecule has 2 aromatic carbocycles. The highest BCUT2D eigenvalue weighted by molar-refractivity contribution is 6.07. The number of aromatic hydroxyl groups is 1. The first-order valence-corrected chi connectivity index (χ1v) is 6.62. The summed E-state index contributed by atoms with van der Waals surface area (Å²) < 4.78 is 5.27. The van der Waals surface area contributed by atoms with Crippen molar-refractivity contribution in [2.45, 2.75) is 0 Å². The van der Waals surface area contributed by atoms with Gasteiger partial charge in [-0.2, -0.15) is 0 Å². The number of hydrogen-bond donors (Lipinski definition) is 2. The molecule has 0 fully saturated rings. The second-order valence-corrected chi connectivity index (χ2v) is 4.71. The van der Waals surface area contributed by atoms with Crippen molar-refractivity contribution in [2.24, 2.45) is 0 Å². The van der Waals surface area contributed by atoms with Crippen LogP contribution in [-0.2, 0) is 0 Å². The van der Waals surface area contributed by atoms with Crippen molar-refractivity contribution >= 4 is 16.9 Å². The third-order valence-electron chi connectivity index (χ3n) is 3.44. The van der Waals surface area contributed by atoms with Crippen LogP contribution in [0, 0.1) is 0 Å². The molecule has 0 aliphatic rings. The minimum atomic E-state index is -1.20. The molecule has 1 heterocycles. The Balaban J connectivity index is 2.40. The summed E-state index contributed by atoms with van der Waals surface area (Å²) >= 11 is 0. The third-order valence-corrected chi connectivity index (χ3v) is 3.44. The maximum absolute atomic E-state index is 11.6. The normalized spacial score (nSPS) is 10.6. The number of rotatable bonds is 3. The van der Waals surface area contributed by atoms with Crippen LogP contribution in [0.3, 0.4) is 0 Å². The summed E-state index contributed by atoms with van der Waals surface area (Å²) in [6.07, 6.45) is 0. The molecule has 3 aromatic rings. The molecule has 0 atom stereocenters. The number of carbonyl (C=O) groups is 1. The monoisotopic (exact) mass is 295 g/mol. The number of aromatic nitrogens is 1. The molecule has 0 bridgehead atoms. The summed E-state index contributed by atoms with van der Waals surface area (Å²) in [6.45, 7) is 0. The minimum absolute atomic E-state index is 0.161. The van der Waals surface area contributed by atoms with E-state index in [4.69, 9.17) is 4.74 Å². The fourth-order valence-corrected chi connectivity index (χ4v) is 2.45. The lowest BCUT2D eigenvalue weighted by Gasteiger charge is -2.12. The van der Waals surface area contributed by atoms with Crippen LogP contribution in [0.15, 0.2) is 48.5 Å². The van der Waals surface area contributed by atoms with E-state index in [1.54, 1.807) is 48.5 Å². The number of methoxy groups -OCH3 is 1. The lowest BCUT2D eigenvalue weighted by Crippen LogP contribution is -2.02. The second-order valence-electron chi connectivity index (χ2n) is 4.71. The summed E-state index contributed by atoms with van der Waals surface area (Å²) in [5.41, 5.74) is 1.06. The number of carboxylic acids is 1. The van der Waals surface area contributed by atoms with Gasteiger partial charge >= 0.3 is 5.97 Å². The molecule has 1 aromatic heterocycles. The number of para-hydroxylation sites is 2. The zero-order chi connectivity index (χ0) is 15.7. The van der Waals surface area contributed by atoms with Crippen LogP contribution >= 0.6 is 0 Å². The van der Waals surface area contributed by atoms with Crippen LogP contribution in [0.1, 0.15) is 10.4 Å². The van der Waals surface area contributed by atoms with Crippen LogP contribution in [0.2, 0.25) is 0 Å². The number of pyridine rings is 1. The van der Waals surface area contributed by atoms with Crippen molar-refractivity contribution in [1.82, 2.24) is 4.98 Å². The van der Waals surface area contributed by atoms with Crippen LogP contribution in [0.4, 0.5) is 0 Å². The number of nitrogens with zero attached hydrogens (tertiary/aromatic N) is 1. The van der Waals surface area contributed by atoms with E-state index in [9.17, 15) is 15.0 Å². The Bertz CT molecular complexity index is 874. The molecule has 22 heavy (non-hydrogen) atoms. The fraction of sp³-hybridized carbons (Fsp3) is 0.0588. The molecule has 3 rings (SSSR count). The predicted octanol–water partition coefficient (Wildman–Crippen LogP) is 3.31. The van der Waals surface area contributed by atoms with Crippen molar-refractivity contribution in [3.8, 4) is 22.8 Å². The van der Waals surface area contributed by atoms with Gasteiger partial charge in [-0.05, 0) is 18.2 Å². The highest BCUT2D eigenvalue weighted by atomic mass is 16.5. The van der Waals surface area contributed by atoms with Gasteiger partial charge in [0, 0.05) is 10.9 Å². The molecule has 5 nitrogen and oxygen atoms in total. The van der Waals surface area contributed by atoms with Crippen molar-refractivity contribution in [2.75, 3.05) is 7.11 Å². The number of hydrogen-bond acceptors (Lipinski definition) is 4. The molecular formula is C17H13NO4. The molecule has 0 spiro atoms. The molecule has 0 aliphatic heterocycles. The largest absolute Gasteiger partial charge is 0.505 e. The van der Waals surface area contributed by atoms with E-state index in [0.29, 0.717) is 22.2 Å². The van der Waals surface area contributed by atoms with Crippen molar-refractivity contribution in [3.63, 3.8) is 0 Å². The molecule has 0 saturated heterocycles. The molecular weight excluding hydrogens is 282 g/mol. The van der Waals surface area contributed by atoms with Crippen LogP contribution in [-0.4, -0.2) is 28.3 Å². The van der Waals surface area contributed by atoms with Gasteiger partial charge in [-0.25, -0.2) is 9.78 Å². The van der Waals surface area contributed by atoms with Crippen molar-refractivity contribution in [1.29, 1.82) is 0 Å². The van der Waals surface area contributed by atoms with Crippen LogP contribution < -0.4 is 4.74 Å². The highest BCUT2D eigenvalue weighted by Gasteiger charge is 2.22.